The molecule has 21 heavy (non-hydrogen) atoms. The van der Waals surface area contributed by atoms with Crippen molar-refractivity contribution in [3.05, 3.63) is 22.7 Å². The molecule has 0 saturated carbocycles. The van der Waals surface area contributed by atoms with Crippen LogP contribution < -0.4 is 9.47 Å². The fourth-order valence-electron chi connectivity index (χ4n) is 2.23. The van der Waals surface area contributed by atoms with Gasteiger partial charge in [0.15, 0.2) is 11.5 Å². The van der Waals surface area contributed by atoms with Gasteiger partial charge in [-0.15, -0.1) is 11.6 Å². The summed E-state index contributed by atoms with van der Waals surface area (Å²) in [5, 5.41) is 0.571. The van der Waals surface area contributed by atoms with Crippen LogP contribution in [0.5, 0.6) is 11.5 Å². The van der Waals surface area contributed by atoms with Gasteiger partial charge in [0.1, 0.15) is 0 Å². The predicted molar refractivity (Wildman–Crippen MR) is 91.1 cm³/mol. The highest BCUT2D eigenvalue weighted by Gasteiger charge is 2.16. The lowest BCUT2D eigenvalue weighted by molar-refractivity contribution is 0.287. The average Bonchev–Trinajstić information content (AvgIpc) is 2.46. The molecule has 0 bridgehead atoms. The van der Waals surface area contributed by atoms with Crippen LogP contribution in [0.2, 0.25) is 5.02 Å². The van der Waals surface area contributed by atoms with Crippen molar-refractivity contribution in [1.82, 2.24) is 0 Å². The van der Waals surface area contributed by atoms with Crippen molar-refractivity contribution in [2.75, 3.05) is 13.2 Å². The van der Waals surface area contributed by atoms with Crippen molar-refractivity contribution in [2.24, 2.45) is 0 Å². The molecule has 1 unspecified atom stereocenters. The van der Waals surface area contributed by atoms with Gasteiger partial charge in [0, 0.05) is 11.1 Å². The van der Waals surface area contributed by atoms with Crippen molar-refractivity contribution < 1.29 is 9.47 Å². The third-order valence-electron chi connectivity index (χ3n) is 3.31. The number of hydrogen-bond acceptors (Lipinski definition) is 2. The largest absolute Gasteiger partial charge is 0.490 e. The van der Waals surface area contributed by atoms with E-state index in [-0.39, 0.29) is 5.38 Å². The third-order valence-corrected chi connectivity index (χ3v) is 4.09. The summed E-state index contributed by atoms with van der Waals surface area (Å²) in [5.41, 5.74) is 0.932. The summed E-state index contributed by atoms with van der Waals surface area (Å²) in [7, 11) is 0. The molecule has 0 aliphatic heterocycles. The van der Waals surface area contributed by atoms with E-state index in [4.69, 9.17) is 32.7 Å². The Morgan fingerprint density at radius 2 is 1.57 bits per heavy atom. The topological polar surface area (TPSA) is 18.5 Å². The zero-order valence-electron chi connectivity index (χ0n) is 13.3. The molecule has 0 aromatic heterocycles. The quantitative estimate of drug-likeness (QED) is 0.365. The summed E-state index contributed by atoms with van der Waals surface area (Å²) in [5.74, 6) is 1.40. The van der Waals surface area contributed by atoms with Gasteiger partial charge in [0.05, 0.1) is 18.6 Å². The van der Waals surface area contributed by atoms with E-state index < -0.39 is 0 Å². The molecular formula is C17H26Cl2O2. The average molecular weight is 333 g/mol. The van der Waals surface area contributed by atoms with Crippen LogP contribution in [0.25, 0.3) is 0 Å². The molecule has 0 N–H and O–H groups in total. The first-order valence-corrected chi connectivity index (χ1v) is 8.68. The maximum absolute atomic E-state index is 6.51. The Balaban J connectivity index is 2.82. The molecule has 0 aliphatic rings. The number of alkyl halides is 1. The van der Waals surface area contributed by atoms with Crippen molar-refractivity contribution in [3.63, 3.8) is 0 Å². The third kappa shape index (κ3) is 5.96. The standard InChI is InChI=1S/C17H26Cl2O2/c1-4-7-8-9-10-14(18)13-11-16(20-5-2)17(21-6-3)12-15(13)19/h11-12,14H,4-10H2,1-3H3. The number of unbranched alkanes of at least 4 members (excludes halogenated alkanes) is 3. The lowest BCUT2D eigenvalue weighted by atomic mass is 10.0. The van der Waals surface area contributed by atoms with Gasteiger partial charge in [0.2, 0.25) is 0 Å². The smallest absolute Gasteiger partial charge is 0.162 e. The first-order chi connectivity index (χ1) is 10.1. The Morgan fingerprint density at radius 1 is 0.952 bits per heavy atom. The van der Waals surface area contributed by atoms with Crippen LogP contribution in [0.1, 0.15) is 63.8 Å². The molecule has 0 radical (unpaired) electrons. The van der Waals surface area contributed by atoms with E-state index in [1.807, 2.05) is 26.0 Å². The number of ether oxygens (including phenoxy) is 2. The van der Waals surface area contributed by atoms with Gasteiger partial charge in [0.25, 0.3) is 0 Å². The number of hydrogen-bond donors (Lipinski definition) is 0. The Morgan fingerprint density at radius 3 is 2.14 bits per heavy atom. The highest BCUT2D eigenvalue weighted by molar-refractivity contribution is 6.33. The Bertz CT molecular complexity index is 421. The number of rotatable bonds is 10. The number of halogens is 2. The second kappa shape index (κ2) is 10.2. The van der Waals surface area contributed by atoms with E-state index in [1.165, 1.54) is 19.3 Å². The molecule has 120 valence electrons. The lowest BCUT2D eigenvalue weighted by Gasteiger charge is -2.17. The van der Waals surface area contributed by atoms with Gasteiger partial charge >= 0.3 is 0 Å². The van der Waals surface area contributed by atoms with Crippen LogP contribution in [0.3, 0.4) is 0 Å². The van der Waals surface area contributed by atoms with E-state index in [0.29, 0.717) is 24.0 Å². The molecule has 1 rings (SSSR count). The minimum Gasteiger partial charge on any atom is -0.490 e. The normalized spacial score (nSPS) is 12.2. The summed E-state index contributed by atoms with van der Waals surface area (Å²) < 4.78 is 11.2. The van der Waals surface area contributed by atoms with Crippen LogP contribution in [0.15, 0.2) is 12.1 Å². The van der Waals surface area contributed by atoms with Crippen molar-refractivity contribution >= 4 is 23.2 Å². The molecular weight excluding hydrogens is 307 g/mol. The van der Waals surface area contributed by atoms with Crippen LogP contribution >= 0.6 is 23.2 Å². The SMILES string of the molecule is CCCCCCC(Cl)c1cc(OCC)c(OCC)cc1Cl. The lowest BCUT2D eigenvalue weighted by Crippen LogP contribution is -2.01. The zero-order chi connectivity index (χ0) is 15.7. The van der Waals surface area contributed by atoms with E-state index in [2.05, 4.69) is 6.92 Å². The van der Waals surface area contributed by atoms with Crippen molar-refractivity contribution in [3.8, 4) is 11.5 Å². The molecule has 0 saturated heterocycles. The molecule has 0 amide bonds. The Hall–Kier alpha value is -0.600. The van der Waals surface area contributed by atoms with Crippen molar-refractivity contribution in [1.29, 1.82) is 0 Å². The number of benzene rings is 1. The molecule has 1 aromatic rings. The summed E-state index contributed by atoms with van der Waals surface area (Å²) in [6, 6.07) is 3.74. The minimum absolute atomic E-state index is 0.0794. The van der Waals surface area contributed by atoms with Gasteiger partial charge in [-0.3, -0.25) is 0 Å². The molecule has 0 spiro atoms. The molecule has 0 aliphatic carbocycles. The zero-order valence-corrected chi connectivity index (χ0v) is 14.8. The predicted octanol–water partition coefficient (Wildman–Crippen LogP) is 6.39. The van der Waals surface area contributed by atoms with Gasteiger partial charge < -0.3 is 9.47 Å². The fourth-order valence-corrected chi connectivity index (χ4v) is 2.91. The van der Waals surface area contributed by atoms with Crippen LogP contribution in [-0.4, -0.2) is 13.2 Å². The van der Waals surface area contributed by atoms with E-state index in [9.17, 15) is 0 Å². The highest BCUT2D eigenvalue weighted by atomic mass is 35.5. The van der Waals surface area contributed by atoms with Crippen molar-refractivity contribution in [2.45, 2.75) is 58.3 Å². The molecule has 0 heterocycles. The van der Waals surface area contributed by atoms with Gasteiger partial charge in [-0.25, -0.2) is 0 Å². The molecule has 1 atom stereocenters. The Kier molecular flexibility index (Phi) is 8.94. The maximum atomic E-state index is 6.51. The monoisotopic (exact) mass is 332 g/mol. The van der Waals surface area contributed by atoms with E-state index in [1.54, 1.807) is 0 Å². The second-order valence-corrected chi connectivity index (χ2v) is 5.94. The molecule has 2 nitrogen and oxygen atoms in total. The van der Waals surface area contributed by atoms with E-state index >= 15 is 0 Å². The maximum Gasteiger partial charge on any atom is 0.162 e. The summed E-state index contributed by atoms with van der Waals surface area (Å²) >= 11 is 12.9. The summed E-state index contributed by atoms with van der Waals surface area (Å²) in [6.07, 6.45) is 5.75. The molecule has 0 fully saturated rings. The van der Waals surface area contributed by atoms with Gasteiger partial charge in [-0.05, 0) is 31.9 Å². The summed E-state index contributed by atoms with van der Waals surface area (Å²) in [4.78, 5) is 0. The first kappa shape index (κ1) is 18.4. The highest BCUT2D eigenvalue weighted by Crippen LogP contribution is 2.39. The summed E-state index contributed by atoms with van der Waals surface area (Å²) in [6.45, 7) is 7.26. The first-order valence-electron chi connectivity index (χ1n) is 7.87. The second-order valence-electron chi connectivity index (χ2n) is 5.00. The van der Waals surface area contributed by atoms with Crippen LogP contribution in [0.4, 0.5) is 0 Å². The minimum atomic E-state index is -0.0794. The Labute approximate surface area is 138 Å². The molecule has 4 heteroatoms. The van der Waals surface area contributed by atoms with E-state index in [0.717, 1.165) is 24.2 Å². The van der Waals surface area contributed by atoms with Crippen LogP contribution in [0, 0.1) is 0 Å². The fraction of sp³-hybridized carbons (Fsp3) is 0.647. The van der Waals surface area contributed by atoms with Crippen LogP contribution in [-0.2, 0) is 0 Å². The van der Waals surface area contributed by atoms with Gasteiger partial charge in [-0.2, -0.15) is 0 Å². The molecule has 1 aromatic carbocycles. The van der Waals surface area contributed by atoms with Gasteiger partial charge in [-0.1, -0.05) is 44.2 Å².